The molecule has 3 rings (SSSR count). The van der Waals surface area contributed by atoms with E-state index in [1.165, 1.54) is 12.1 Å². The van der Waals surface area contributed by atoms with E-state index < -0.39 is 31.4 Å². The van der Waals surface area contributed by atoms with Crippen LogP contribution >= 0.6 is 0 Å². The van der Waals surface area contributed by atoms with Gasteiger partial charge in [-0.3, -0.25) is 10.1 Å². The molecule has 0 aliphatic carbocycles. The van der Waals surface area contributed by atoms with Crippen LogP contribution in [0.25, 0.3) is 0 Å². The van der Waals surface area contributed by atoms with E-state index in [1.54, 1.807) is 19.2 Å². The fourth-order valence-corrected chi connectivity index (χ4v) is 5.46. The second kappa shape index (κ2) is 12.2. The summed E-state index contributed by atoms with van der Waals surface area (Å²) in [4.78, 5) is 25.0. The number of anilines is 1. The number of esters is 1. The molecule has 9 heteroatoms. The van der Waals surface area contributed by atoms with Crippen molar-refractivity contribution in [1.82, 2.24) is 0 Å². The number of rotatable bonds is 10. The summed E-state index contributed by atoms with van der Waals surface area (Å²) in [6, 6.07) is 16.7. The monoisotopic (exact) mass is 564 g/mol. The van der Waals surface area contributed by atoms with Crippen LogP contribution in [0.3, 0.4) is 0 Å². The molecule has 0 radical (unpaired) electrons. The lowest BCUT2D eigenvalue weighted by atomic mass is 10.00. The maximum Gasteiger partial charge on any atom is 0.341 e. The quantitative estimate of drug-likeness (QED) is 0.0886. The minimum Gasteiger partial charge on any atom is -0.497 e. The van der Waals surface area contributed by atoms with Crippen molar-refractivity contribution in [2.75, 3.05) is 12.4 Å². The molecule has 8 nitrogen and oxygen atoms in total. The van der Waals surface area contributed by atoms with E-state index in [2.05, 4.69) is 39.2 Å². The van der Waals surface area contributed by atoms with Crippen LogP contribution in [-0.4, -0.2) is 32.4 Å². The molecular formula is C31H40N2O6Si. The number of nitrogens with zero attached hydrogens (tertiary/aromatic N) is 1. The predicted octanol–water partition coefficient (Wildman–Crippen LogP) is 7.68. The van der Waals surface area contributed by atoms with Crippen LogP contribution in [0.15, 0.2) is 60.7 Å². The van der Waals surface area contributed by atoms with Crippen molar-refractivity contribution in [2.24, 2.45) is 0 Å². The zero-order chi connectivity index (χ0) is 29.8. The van der Waals surface area contributed by atoms with Crippen LogP contribution < -0.4 is 14.8 Å². The van der Waals surface area contributed by atoms with Gasteiger partial charge in [0, 0.05) is 17.8 Å². The van der Waals surface area contributed by atoms with Crippen LogP contribution in [0, 0.1) is 30.9 Å². The standard InChI is InChI=1S/C31H40N2O6Si/c1-20-18-21(2)28(22(3)19-20)38-30(34)29(39-40(8,9)31(4,5)6)27(23-10-14-25(15-11-23)33(35)36)32-24-12-16-26(37-7)17-13-24/h10-19,27,29,32H,1-9H3/t27-,29-/m1/s1. The molecule has 40 heavy (non-hydrogen) atoms. The highest BCUT2D eigenvalue weighted by atomic mass is 28.4. The molecule has 0 saturated heterocycles. The Hall–Kier alpha value is -3.69. The van der Waals surface area contributed by atoms with Crippen molar-refractivity contribution >= 4 is 25.7 Å². The first-order valence-electron chi connectivity index (χ1n) is 13.3. The lowest BCUT2D eigenvalue weighted by Gasteiger charge is -2.41. The van der Waals surface area contributed by atoms with E-state index in [9.17, 15) is 14.9 Å². The van der Waals surface area contributed by atoms with Crippen LogP contribution in [0.2, 0.25) is 18.1 Å². The second-order valence-corrected chi connectivity index (χ2v) is 16.4. The normalized spacial score (nSPS) is 13.3. The Morgan fingerprint density at radius 2 is 1.50 bits per heavy atom. The van der Waals surface area contributed by atoms with Gasteiger partial charge in [-0.25, -0.2) is 4.79 Å². The fourth-order valence-electron chi connectivity index (χ4n) is 4.24. The van der Waals surface area contributed by atoms with Crippen LogP contribution in [0.5, 0.6) is 11.5 Å². The Bertz CT molecular complexity index is 1320. The molecule has 1 N–H and O–H groups in total. The number of benzene rings is 3. The zero-order valence-corrected chi connectivity index (χ0v) is 25.8. The number of hydrogen-bond acceptors (Lipinski definition) is 7. The third-order valence-electron chi connectivity index (χ3n) is 7.45. The molecule has 0 unspecified atom stereocenters. The molecule has 0 amide bonds. The van der Waals surface area contributed by atoms with Gasteiger partial charge in [0.25, 0.3) is 5.69 Å². The van der Waals surface area contributed by atoms with Gasteiger partial charge < -0.3 is 19.2 Å². The van der Waals surface area contributed by atoms with E-state index >= 15 is 0 Å². The number of non-ortho nitro benzene ring substituents is 1. The summed E-state index contributed by atoms with van der Waals surface area (Å²) in [7, 11) is -0.916. The average molecular weight is 565 g/mol. The number of carbonyl (C=O) groups excluding carboxylic acids is 1. The van der Waals surface area contributed by atoms with Crippen LogP contribution in [-0.2, 0) is 9.22 Å². The van der Waals surface area contributed by atoms with Gasteiger partial charge in [0.2, 0.25) is 0 Å². The van der Waals surface area contributed by atoms with Crippen molar-refractivity contribution in [3.05, 3.63) is 93.0 Å². The zero-order valence-electron chi connectivity index (χ0n) is 24.8. The molecule has 3 aromatic rings. The summed E-state index contributed by atoms with van der Waals surface area (Å²) in [5, 5.41) is 14.6. The summed E-state index contributed by atoms with van der Waals surface area (Å²) in [6.07, 6.45) is -1.05. The number of carbonyl (C=O) groups is 1. The number of methoxy groups -OCH3 is 1. The molecule has 0 saturated carbocycles. The molecule has 214 valence electrons. The highest BCUT2D eigenvalue weighted by molar-refractivity contribution is 6.74. The first-order valence-corrected chi connectivity index (χ1v) is 16.2. The Balaban J connectivity index is 2.14. The van der Waals surface area contributed by atoms with E-state index in [1.807, 2.05) is 57.2 Å². The summed E-state index contributed by atoms with van der Waals surface area (Å²) in [6.45, 7) is 16.3. The molecule has 0 aliphatic heterocycles. The maximum atomic E-state index is 14.1. The Morgan fingerprint density at radius 3 is 1.98 bits per heavy atom. The molecule has 3 aromatic carbocycles. The number of ether oxygens (including phenoxy) is 2. The Labute approximate surface area is 237 Å². The van der Waals surface area contributed by atoms with Gasteiger partial charge in [-0.1, -0.05) is 50.6 Å². The minimum atomic E-state index is -2.51. The summed E-state index contributed by atoms with van der Waals surface area (Å²) in [5.41, 5.74) is 4.12. The Morgan fingerprint density at radius 1 is 0.950 bits per heavy atom. The van der Waals surface area contributed by atoms with E-state index in [0.717, 1.165) is 22.4 Å². The van der Waals surface area contributed by atoms with Gasteiger partial charge in [0.15, 0.2) is 14.4 Å². The van der Waals surface area contributed by atoms with E-state index in [4.69, 9.17) is 13.9 Å². The first kappa shape index (κ1) is 30.8. The van der Waals surface area contributed by atoms with Crippen LogP contribution in [0.1, 0.15) is 49.1 Å². The average Bonchev–Trinajstić information content (AvgIpc) is 2.87. The maximum absolute atomic E-state index is 14.1. The van der Waals surface area contributed by atoms with Gasteiger partial charge in [-0.05, 0) is 79.9 Å². The molecule has 2 atom stereocenters. The predicted molar refractivity (Wildman–Crippen MR) is 161 cm³/mol. The van der Waals surface area contributed by atoms with Crippen molar-refractivity contribution in [2.45, 2.75) is 71.8 Å². The third-order valence-corrected chi connectivity index (χ3v) is 11.9. The summed E-state index contributed by atoms with van der Waals surface area (Å²) in [5.74, 6) is 0.659. The van der Waals surface area contributed by atoms with Gasteiger partial charge in [0.05, 0.1) is 18.1 Å². The van der Waals surface area contributed by atoms with E-state index in [-0.39, 0.29) is 10.7 Å². The third kappa shape index (κ3) is 7.28. The molecule has 0 bridgehead atoms. The topological polar surface area (TPSA) is 99.9 Å². The molecule has 0 aliphatic rings. The minimum absolute atomic E-state index is 0.0395. The van der Waals surface area contributed by atoms with Gasteiger partial charge in [-0.15, -0.1) is 0 Å². The number of nitro groups is 1. The summed E-state index contributed by atoms with van der Waals surface area (Å²) >= 11 is 0. The Kier molecular flexibility index (Phi) is 9.42. The SMILES string of the molecule is COc1ccc(N[C@H](c2ccc([N+](=O)[O-])cc2)[C@@H](O[Si](C)(C)C(C)(C)C)C(=O)Oc2c(C)cc(C)cc2C)cc1. The number of nitrogens with one attached hydrogen (secondary N) is 1. The highest BCUT2D eigenvalue weighted by Crippen LogP contribution is 2.40. The lowest BCUT2D eigenvalue weighted by molar-refractivity contribution is -0.384. The smallest absolute Gasteiger partial charge is 0.341 e. The first-order chi connectivity index (χ1) is 18.6. The molecule has 0 heterocycles. The van der Waals surface area contributed by atoms with Crippen molar-refractivity contribution in [3.8, 4) is 11.5 Å². The van der Waals surface area contributed by atoms with Crippen molar-refractivity contribution in [1.29, 1.82) is 0 Å². The van der Waals surface area contributed by atoms with Gasteiger partial charge in [0.1, 0.15) is 11.5 Å². The van der Waals surface area contributed by atoms with Gasteiger partial charge in [-0.2, -0.15) is 0 Å². The molecular weight excluding hydrogens is 524 g/mol. The fraction of sp³-hybridized carbons (Fsp3) is 0.387. The number of hydrogen-bond donors (Lipinski definition) is 1. The van der Waals surface area contributed by atoms with E-state index in [0.29, 0.717) is 17.1 Å². The number of nitro benzene ring substituents is 1. The van der Waals surface area contributed by atoms with Crippen molar-refractivity contribution < 1.29 is 23.6 Å². The van der Waals surface area contributed by atoms with Crippen molar-refractivity contribution in [3.63, 3.8) is 0 Å². The van der Waals surface area contributed by atoms with Crippen LogP contribution in [0.4, 0.5) is 11.4 Å². The van der Waals surface area contributed by atoms with Gasteiger partial charge >= 0.3 is 5.97 Å². The molecule has 0 aromatic heterocycles. The second-order valence-electron chi connectivity index (χ2n) is 11.6. The summed E-state index contributed by atoms with van der Waals surface area (Å²) < 4.78 is 18.2. The lowest BCUT2D eigenvalue weighted by Crippen LogP contribution is -2.50. The molecule has 0 fully saturated rings. The number of aryl methyl sites for hydroxylation is 3. The highest BCUT2D eigenvalue weighted by Gasteiger charge is 2.44. The molecule has 0 spiro atoms. The largest absolute Gasteiger partial charge is 0.497 e.